The Morgan fingerprint density at radius 3 is 2.16 bits per heavy atom. The van der Waals surface area contributed by atoms with E-state index in [0.29, 0.717) is 5.75 Å². The minimum atomic E-state index is -0.302. The molecule has 2 heteroatoms. The summed E-state index contributed by atoms with van der Waals surface area (Å²) in [7, 11) is 0. The van der Waals surface area contributed by atoms with E-state index in [1.165, 1.54) is 0 Å². The lowest BCUT2D eigenvalue weighted by molar-refractivity contribution is 0.438. The van der Waals surface area contributed by atoms with Crippen LogP contribution in [0.5, 0.6) is 5.75 Å². The molecule has 2 nitrogen and oxygen atoms in total. The summed E-state index contributed by atoms with van der Waals surface area (Å²) in [6.07, 6.45) is 0. The molecule has 3 N–H and O–H groups in total. The van der Waals surface area contributed by atoms with Crippen molar-refractivity contribution in [1.82, 2.24) is 0 Å². The SMILES string of the molecule is CC(C)(C)c1cccc(C(N)c2ccccc2)c1O. The molecule has 0 aliphatic rings. The van der Waals surface area contributed by atoms with Crippen LogP contribution < -0.4 is 5.73 Å². The molecule has 0 radical (unpaired) electrons. The first-order chi connectivity index (χ1) is 8.91. The van der Waals surface area contributed by atoms with Crippen molar-refractivity contribution in [2.24, 2.45) is 5.73 Å². The topological polar surface area (TPSA) is 46.2 Å². The van der Waals surface area contributed by atoms with Crippen molar-refractivity contribution in [2.75, 3.05) is 0 Å². The van der Waals surface area contributed by atoms with Gasteiger partial charge in [0, 0.05) is 5.56 Å². The molecule has 0 heterocycles. The number of hydrogen-bond donors (Lipinski definition) is 2. The maximum Gasteiger partial charge on any atom is 0.124 e. The van der Waals surface area contributed by atoms with E-state index in [0.717, 1.165) is 16.7 Å². The van der Waals surface area contributed by atoms with E-state index in [4.69, 9.17) is 5.73 Å². The van der Waals surface area contributed by atoms with Crippen LogP contribution in [0.2, 0.25) is 0 Å². The van der Waals surface area contributed by atoms with Crippen LogP contribution in [-0.4, -0.2) is 5.11 Å². The highest BCUT2D eigenvalue weighted by Crippen LogP contribution is 2.36. The van der Waals surface area contributed by atoms with Gasteiger partial charge in [-0.25, -0.2) is 0 Å². The number of phenols is 1. The second-order valence-electron chi connectivity index (χ2n) is 5.88. The lowest BCUT2D eigenvalue weighted by Crippen LogP contribution is -2.16. The van der Waals surface area contributed by atoms with Crippen molar-refractivity contribution < 1.29 is 5.11 Å². The summed E-state index contributed by atoms with van der Waals surface area (Å²) in [5.74, 6) is 0.311. The Morgan fingerprint density at radius 2 is 1.58 bits per heavy atom. The van der Waals surface area contributed by atoms with E-state index in [1.807, 2.05) is 48.5 Å². The summed E-state index contributed by atoms with van der Waals surface area (Å²) in [5.41, 5.74) is 8.88. The third kappa shape index (κ3) is 2.79. The molecule has 2 rings (SSSR count). The number of phenolic OH excluding ortho intramolecular Hbond substituents is 1. The molecule has 1 unspecified atom stereocenters. The molecule has 100 valence electrons. The zero-order valence-corrected chi connectivity index (χ0v) is 11.7. The number of hydrogen-bond acceptors (Lipinski definition) is 2. The molecule has 1 atom stereocenters. The monoisotopic (exact) mass is 255 g/mol. The maximum atomic E-state index is 10.5. The van der Waals surface area contributed by atoms with E-state index in [9.17, 15) is 5.11 Å². The van der Waals surface area contributed by atoms with Crippen LogP contribution in [0.25, 0.3) is 0 Å². The number of aromatic hydroxyl groups is 1. The fraction of sp³-hybridized carbons (Fsp3) is 0.294. The van der Waals surface area contributed by atoms with Crippen LogP contribution in [0, 0.1) is 0 Å². The van der Waals surface area contributed by atoms with Crippen molar-refractivity contribution in [3.8, 4) is 5.75 Å². The zero-order valence-electron chi connectivity index (χ0n) is 11.7. The van der Waals surface area contributed by atoms with E-state index < -0.39 is 0 Å². The minimum absolute atomic E-state index is 0.101. The molecule has 0 saturated carbocycles. The van der Waals surface area contributed by atoms with Gasteiger partial charge in [0.25, 0.3) is 0 Å². The first kappa shape index (κ1) is 13.6. The van der Waals surface area contributed by atoms with Crippen molar-refractivity contribution in [1.29, 1.82) is 0 Å². The van der Waals surface area contributed by atoms with Gasteiger partial charge >= 0.3 is 0 Å². The maximum absolute atomic E-state index is 10.5. The predicted molar refractivity (Wildman–Crippen MR) is 79.3 cm³/mol. The Morgan fingerprint density at radius 1 is 0.947 bits per heavy atom. The summed E-state index contributed by atoms with van der Waals surface area (Å²) in [5, 5.41) is 10.5. The number of nitrogens with two attached hydrogens (primary N) is 1. The summed E-state index contributed by atoms with van der Waals surface area (Å²) in [4.78, 5) is 0. The molecular formula is C17H21NO. The molecule has 2 aromatic carbocycles. The van der Waals surface area contributed by atoms with E-state index in [-0.39, 0.29) is 11.5 Å². The van der Waals surface area contributed by atoms with Crippen LogP contribution in [0.1, 0.15) is 43.5 Å². The van der Waals surface area contributed by atoms with Crippen molar-refractivity contribution in [3.63, 3.8) is 0 Å². The molecule has 0 fully saturated rings. The first-order valence-electron chi connectivity index (χ1n) is 6.54. The van der Waals surface area contributed by atoms with Crippen LogP contribution in [-0.2, 0) is 5.41 Å². The number of para-hydroxylation sites is 1. The van der Waals surface area contributed by atoms with Gasteiger partial charge < -0.3 is 10.8 Å². The van der Waals surface area contributed by atoms with Gasteiger partial charge in [-0.15, -0.1) is 0 Å². The molecule has 0 bridgehead atoms. The Kier molecular flexibility index (Phi) is 3.63. The zero-order chi connectivity index (χ0) is 14.0. The van der Waals surface area contributed by atoms with Gasteiger partial charge in [0.2, 0.25) is 0 Å². The lowest BCUT2D eigenvalue weighted by Gasteiger charge is -2.23. The molecule has 0 aliphatic heterocycles. The summed E-state index contributed by atoms with van der Waals surface area (Å²) in [6.45, 7) is 6.25. The standard InChI is InChI=1S/C17H21NO/c1-17(2,3)14-11-7-10-13(16(14)19)15(18)12-8-5-4-6-9-12/h4-11,15,19H,18H2,1-3H3. The fourth-order valence-corrected chi connectivity index (χ4v) is 2.26. The van der Waals surface area contributed by atoms with Crippen molar-refractivity contribution >= 4 is 0 Å². The third-order valence-electron chi connectivity index (χ3n) is 3.37. The van der Waals surface area contributed by atoms with Crippen molar-refractivity contribution in [3.05, 3.63) is 65.2 Å². The van der Waals surface area contributed by atoms with Gasteiger partial charge in [0.15, 0.2) is 0 Å². The molecule has 0 amide bonds. The Balaban J connectivity index is 2.47. The van der Waals surface area contributed by atoms with E-state index >= 15 is 0 Å². The van der Waals surface area contributed by atoms with Gasteiger partial charge in [-0.3, -0.25) is 0 Å². The molecular weight excluding hydrogens is 234 g/mol. The average Bonchev–Trinajstić information content (AvgIpc) is 2.38. The smallest absolute Gasteiger partial charge is 0.124 e. The van der Waals surface area contributed by atoms with Gasteiger partial charge in [-0.2, -0.15) is 0 Å². The quantitative estimate of drug-likeness (QED) is 0.858. The minimum Gasteiger partial charge on any atom is -0.507 e. The fourth-order valence-electron chi connectivity index (χ4n) is 2.26. The van der Waals surface area contributed by atoms with Gasteiger partial charge in [-0.05, 0) is 16.5 Å². The third-order valence-corrected chi connectivity index (χ3v) is 3.37. The molecule has 0 spiro atoms. The lowest BCUT2D eigenvalue weighted by atomic mass is 9.84. The Hall–Kier alpha value is -1.80. The molecule has 0 aliphatic carbocycles. The normalized spacial score (nSPS) is 13.3. The van der Waals surface area contributed by atoms with Crippen LogP contribution in [0.3, 0.4) is 0 Å². The second-order valence-corrected chi connectivity index (χ2v) is 5.88. The van der Waals surface area contributed by atoms with E-state index in [1.54, 1.807) is 0 Å². The number of rotatable bonds is 2. The van der Waals surface area contributed by atoms with Crippen LogP contribution in [0.15, 0.2) is 48.5 Å². The van der Waals surface area contributed by atoms with Crippen LogP contribution >= 0.6 is 0 Å². The highest BCUT2D eigenvalue weighted by molar-refractivity contribution is 5.48. The largest absolute Gasteiger partial charge is 0.507 e. The van der Waals surface area contributed by atoms with Gasteiger partial charge in [0.05, 0.1) is 6.04 Å². The molecule has 0 saturated heterocycles. The van der Waals surface area contributed by atoms with E-state index in [2.05, 4.69) is 20.8 Å². The Labute approximate surface area is 114 Å². The molecule has 19 heavy (non-hydrogen) atoms. The van der Waals surface area contributed by atoms with Gasteiger partial charge in [-0.1, -0.05) is 69.3 Å². The second kappa shape index (κ2) is 5.06. The summed E-state index contributed by atoms with van der Waals surface area (Å²) >= 11 is 0. The molecule has 2 aromatic rings. The first-order valence-corrected chi connectivity index (χ1v) is 6.54. The predicted octanol–water partition coefficient (Wildman–Crippen LogP) is 3.74. The highest BCUT2D eigenvalue weighted by atomic mass is 16.3. The summed E-state index contributed by atoms with van der Waals surface area (Å²) in [6, 6.07) is 15.3. The summed E-state index contributed by atoms with van der Waals surface area (Å²) < 4.78 is 0. The average molecular weight is 255 g/mol. The van der Waals surface area contributed by atoms with Gasteiger partial charge in [0.1, 0.15) is 5.75 Å². The van der Waals surface area contributed by atoms with Crippen molar-refractivity contribution in [2.45, 2.75) is 32.2 Å². The Bertz CT molecular complexity index is 555. The number of benzene rings is 2. The van der Waals surface area contributed by atoms with Crippen LogP contribution in [0.4, 0.5) is 0 Å². The highest BCUT2D eigenvalue weighted by Gasteiger charge is 2.22. The molecule has 0 aromatic heterocycles.